The maximum absolute atomic E-state index is 13.1. The smallest absolute Gasteiger partial charge is 0.261 e. The first-order chi connectivity index (χ1) is 14.9. The second-order valence-corrected chi connectivity index (χ2v) is 8.56. The number of amides is 1. The zero-order valence-electron chi connectivity index (χ0n) is 18.2. The van der Waals surface area contributed by atoms with Gasteiger partial charge in [0, 0.05) is 19.5 Å². The van der Waals surface area contributed by atoms with E-state index in [4.69, 9.17) is 0 Å². The van der Waals surface area contributed by atoms with Crippen molar-refractivity contribution in [1.29, 1.82) is 0 Å². The summed E-state index contributed by atoms with van der Waals surface area (Å²) in [6.45, 7) is 5.15. The molecular weight excluding hydrogens is 390 g/mol. The summed E-state index contributed by atoms with van der Waals surface area (Å²) in [4.78, 5) is 32.3. The van der Waals surface area contributed by atoms with Gasteiger partial charge in [-0.1, -0.05) is 48.9 Å². The van der Waals surface area contributed by atoms with E-state index in [0.717, 1.165) is 11.1 Å². The van der Waals surface area contributed by atoms with Crippen LogP contribution in [0.1, 0.15) is 36.7 Å². The van der Waals surface area contributed by atoms with Crippen LogP contribution in [0.5, 0.6) is 0 Å². The highest BCUT2D eigenvalue weighted by molar-refractivity contribution is 5.79. The third-order valence-electron chi connectivity index (χ3n) is 6.19. The molecule has 4 rings (SSSR count). The van der Waals surface area contributed by atoms with Crippen molar-refractivity contribution in [3.63, 3.8) is 0 Å². The second-order valence-electron chi connectivity index (χ2n) is 8.56. The normalized spacial score (nSPS) is 15.9. The van der Waals surface area contributed by atoms with Crippen LogP contribution < -0.4 is 5.56 Å². The molecule has 2 aromatic carbocycles. The molecule has 31 heavy (non-hydrogen) atoms. The molecule has 0 atom stereocenters. The summed E-state index contributed by atoms with van der Waals surface area (Å²) >= 11 is 0. The number of piperidine rings is 1. The van der Waals surface area contributed by atoms with Gasteiger partial charge in [-0.25, -0.2) is 4.98 Å². The molecule has 1 saturated heterocycles. The predicted octanol–water partition coefficient (Wildman–Crippen LogP) is 2.86. The van der Waals surface area contributed by atoms with Gasteiger partial charge < -0.3 is 10.0 Å². The number of carbonyl (C=O) groups excluding carboxylic acids is 1. The molecule has 162 valence electrons. The van der Waals surface area contributed by atoms with Crippen LogP contribution in [-0.2, 0) is 24.2 Å². The number of aliphatic hydroxyl groups is 1. The van der Waals surface area contributed by atoms with Gasteiger partial charge in [-0.2, -0.15) is 0 Å². The highest BCUT2D eigenvalue weighted by Gasteiger charge is 2.35. The molecule has 0 unspecified atom stereocenters. The maximum Gasteiger partial charge on any atom is 0.261 e. The molecule has 0 radical (unpaired) electrons. The number of likely N-dealkylation sites (tertiary alicyclic amines) is 1. The first-order valence-corrected chi connectivity index (χ1v) is 10.9. The number of aromatic nitrogens is 2. The number of fused-ring (bicyclic) bond motifs is 1. The monoisotopic (exact) mass is 419 g/mol. The minimum atomic E-state index is -1.03. The Morgan fingerprint density at radius 1 is 1.13 bits per heavy atom. The molecule has 6 heteroatoms. The van der Waals surface area contributed by atoms with E-state index in [1.54, 1.807) is 10.6 Å². The number of rotatable bonds is 5. The largest absolute Gasteiger partial charge is 0.388 e. The van der Waals surface area contributed by atoms with Crippen molar-refractivity contribution in [2.75, 3.05) is 13.1 Å². The Hall–Kier alpha value is -2.99. The van der Waals surface area contributed by atoms with Crippen LogP contribution in [0.25, 0.3) is 10.9 Å². The van der Waals surface area contributed by atoms with Crippen molar-refractivity contribution in [3.05, 3.63) is 75.8 Å². The average Bonchev–Trinajstić information content (AvgIpc) is 2.76. The first-order valence-electron chi connectivity index (χ1n) is 10.9. The highest BCUT2D eigenvalue weighted by atomic mass is 16.3. The SMILES string of the molecule is CCc1nc2ccccc2c(=O)n1CC1(O)CCN(C(=O)Cc2cccc(C)c2)CC1. The zero-order valence-corrected chi connectivity index (χ0v) is 18.2. The van der Waals surface area contributed by atoms with Crippen LogP contribution in [0.3, 0.4) is 0 Å². The van der Waals surface area contributed by atoms with Crippen LogP contribution in [0.15, 0.2) is 53.3 Å². The fourth-order valence-corrected chi connectivity index (χ4v) is 4.38. The summed E-state index contributed by atoms with van der Waals surface area (Å²) in [7, 11) is 0. The van der Waals surface area contributed by atoms with Crippen molar-refractivity contribution in [3.8, 4) is 0 Å². The molecule has 1 N–H and O–H groups in total. The Kier molecular flexibility index (Phi) is 5.92. The van der Waals surface area contributed by atoms with Crippen molar-refractivity contribution in [2.24, 2.45) is 0 Å². The van der Waals surface area contributed by atoms with E-state index >= 15 is 0 Å². The summed E-state index contributed by atoms with van der Waals surface area (Å²) in [5.74, 6) is 0.751. The number of hydrogen-bond donors (Lipinski definition) is 1. The molecule has 1 aliphatic heterocycles. The molecule has 0 bridgehead atoms. The summed E-state index contributed by atoms with van der Waals surface area (Å²) < 4.78 is 1.62. The number of hydrogen-bond acceptors (Lipinski definition) is 4. The number of para-hydroxylation sites is 1. The number of aryl methyl sites for hydroxylation is 2. The molecule has 0 aliphatic carbocycles. The van der Waals surface area contributed by atoms with Crippen LogP contribution >= 0.6 is 0 Å². The van der Waals surface area contributed by atoms with Crippen molar-refractivity contribution in [1.82, 2.24) is 14.5 Å². The van der Waals surface area contributed by atoms with Gasteiger partial charge in [0.1, 0.15) is 5.82 Å². The second kappa shape index (κ2) is 8.63. The topological polar surface area (TPSA) is 75.4 Å². The summed E-state index contributed by atoms with van der Waals surface area (Å²) in [5.41, 5.74) is 1.68. The predicted molar refractivity (Wildman–Crippen MR) is 121 cm³/mol. The quantitative estimate of drug-likeness (QED) is 0.690. The fraction of sp³-hybridized carbons (Fsp3) is 0.400. The zero-order chi connectivity index (χ0) is 22.0. The Morgan fingerprint density at radius 3 is 2.58 bits per heavy atom. The number of carbonyl (C=O) groups is 1. The lowest BCUT2D eigenvalue weighted by Gasteiger charge is -2.38. The molecule has 2 heterocycles. The summed E-state index contributed by atoms with van der Waals surface area (Å²) in [6, 6.07) is 15.3. The first kappa shape index (κ1) is 21.2. The van der Waals surface area contributed by atoms with Gasteiger partial charge in [-0.3, -0.25) is 14.2 Å². The van der Waals surface area contributed by atoms with E-state index in [2.05, 4.69) is 4.98 Å². The van der Waals surface area contributed by atoms with Gasteiger partial charge in [0.25, 0.3) is 5.56 Å². The van der Waals surface area contributed by atoms with Crippen molar-refractivity contribution < 1.29 is 9.90 Å². The van der Waals surface area contributed by atoms with Gasteiger partial charge in [0.05, 0.1) is 29.5 Å². The Bertz CT molecular complexity index is 1160. The lowest BCUT2D eigenvalue weighted by Crippen LogP contribution is -2.50. The third kappa shape index (κ3) is 4.54. The third-order valence-corrected chi connectivity index (χ3v) is 6.19. The molecule has 6 nitrogen and oxygen atoms in total. The molecule has 0 saturated carbocycles. The Balaban J connectivity index is 1.47. The van der Waals surface area contributed by atoms with E-state index in [-0.39, 0.29) is 18.0 Å². The van der Waals surface area contributed by atoms with Crippen molar-refractivity contribution >= 4 is 16.8 Å². The fourth-order valence-electron chi connectivity index (χ4n) is 4.38. The van der Waals surface area contributed by atoms with E-state index in [1.807, 2.05) is 61.2 Å². The molecule has 0 spiro atoms. The summed E-state index contributed by atoms with van der Waals surface area (Å²) in [6.07, 6.45) is 1.86. The molecule has 1 fully saturated rings. The Labute approximate surface area is 182 Å². The molecule has 1 aromatic heterocycles. The minimum absolute atomic E-state index is 0.0754. The minimum Gasteiger partial charge on any atom is -0.388 e. The highest BCUT2D eigenvalue weighted by Crippen LogP contribution is 2.25. The average molecular weight is 420 g/mol. The van der Waals surface area contributed by atoms with Gasteiger partial charge in [-0.05, 0) is 37.5 Å². The molecular formula is C25H29N3O3. The van der Waals surface area contributed by atoms with Crippen LogP contribution in [0, 0.1) is 6.92 Å². The summed E-state index contributed by atoms with van der Waals surface area (Å²) in [5, 5.41) is 11.8. The number of benzene rings is 2. The Morgan fingerprint density at radius 2 is 1.87 bits per heavy atom. The van der Waals surface area contributed by atoms with E-state index in [0.29, 0.717) is 55.5 Å². The lowest BCUT2D eigenvalue weighted by molar-refractivity contribution is -0.135. The van der Waals surface area contributed by atoms with Crippen LogP contribution in [0.2, 0.25) is 0 Å². The van der Waals surface area contributed by atoms with Gasteiger partial charge >= 0.3 is 0 Å². The van der Waals surface area contributed by atoms with Gasteiger partial charge in [0.15, 0.2) is 0 Å². The lowest BCUT2D eigenvalue weighted by atomic mass is 9.90. The molecule has 1 aliphatic rings. The maximum atomic E-state index is 13.1. The standard InChI is InChI=1S/C25H29N3O3/c1-3-22-26-21-10-5-4-9-20(21)24(30)28(22)17-25(31)11-13-27(14-12-25)23(29)16-19-8-6-7-18(2)15-19/h4-10,15,31H,3,11-14,16-17H2,1-2H3. The van der Waals surface area contributed by atoms with Gasteiger partial charge in [0.2, 0.25) is 5.91 Å². The van der Waals surface area contributed by atoms with E-state index in [1.165, 1.54) is 0 Å². The molecule has 3 aromatic rings. The van der Waals surface area contributed by atoms with Crippen molar-refractivity contribution in [2.45, 2.75) is 51.7 Å². The van der Waals surface area contributed by atoms with E-state index < -0.39 is 5.60 Å². The van der Waals surface area contributed by atoms with Gasteiger partial charge in [-0.15, -0.1) is 0 Å². The molecule has 1 amide bonds. The number of nitrogens with zero attached hydrogens (tertiary/aromatic N) is 3. The van der Waals surface area contributed by atoms with Crippen LogP contribution in [0.4, 0.5) is 0 Å². The van der Waals surface area contributed by atoms with Crippen LogP contribution in [-0.4, -0.2) is 44.2 Å². The van der Waals surface area contributed by atoms with E-state index in [9.17, 15) is 14.7 Å².